The summed E-state index contributed by atoms with van der Waals surface area (Å²) in [5, 5.41) is 2.94. The second-order valence-electron chi connectivity index (χ2n) is 7.91. The van der Waals surface area contributed by atoms with Crippen LogP contribution in [0.2, 0.25) is 0 Å². The number of hydrogen-bond donors (Lipinski definition) is 1. The number of amides is 2. The summed E-state index contributed by atoms with van der Waals surface area (Å²) in [5.41, 5.74) is 1.74. The van der Waals surface area contributed by atoms with Gasteiger partial charge in [0, 0.05) is 52.0 Å². The lowest BCUT2D eigenvalue weighted by molar-refractivity contribution is 0.122. The van der Waals surface area contributed by atoms with Gasteiger partial charge in [-0.3, -0.25) is 0 Å². The van der Waals surface area contributed by atoms with Crippen molar-refractivity contribution in [2.75, 3.05) is 57.4 Å². The van der Waals surface area contributed by atoms with Crippen LogP contribution >= 0.6 is 0 Å². The van der Waals surface area contributed by atoms with Crippen molar-refractivity contribution in [3.8, 4) is 0 Å². The minimum atomic E-state index is -3.40. The van der Waals surface area contributed by atoms with Crippen molar-refractivity contribution in [3.63, 3.8) is 0 Å². The summed E-state index contributed by atoms with van der Waals surface area (Å²) >= 11 is 0. The number of morpholine rings is 1. The number of hydrogen-bond acceptors (Lipinski definition) is 6. The Morgan fingerprint density at radius 1 is 0.969 bits per heavy atom. The number of anilines is 1. The quantitative estimate of drug-likeness (QED) is 0.699. The van der Waals surface area contributed by atoms with E-state index in [1.807, 2.05) is 42.5 Å². The number of benzene rings is 1. The number of pyridine rings is 1. The Balaban J connectivity index is 1.26. The van der Waals surface area contributed by atoms with Crippen LogP contribution in [-0.4, -0.2) is 81.1 Å². The normalized spacial score (nSPS) is 17.9. The van der Waals surface area contributed by atoms with Crippen LogP contribution in [0.5, 0.6) is 0 Å². The molecule has 2 fully saturated rings. The first-order valence-electron chi connectivity index (χ1n) is 10.8. The summed E-state index contributed by atoms with van der Waals surface area (Å²) < 4.78 is 32.2. The molecule has 2 aliphatic heterocycles. The molecule has 1 aromatic heterocycles. The van der Waals surface area contributed by atoms with Gasteiger partial charge in [-0.15, -0.1) is 0 Å². The van der Waals surface area contributed by atoms with E-state index in [0.717, 1.165) is 30.0 Å². The van der Waals surface area contributed by atoms with Gasteiger partial charge >= 0.3 is 6.03 Å². The van der Waals surface area contributed by atoms with Gasteiger partial charge in [-0.2, -0.15) is 4.31 Å². The lowest BCUT2D eigenvalue weighted by atomic mass is 10.2. The van der Waals surface area contributed by atoms with E-state index in [9.17, 15) is 13.2 Å². The predicted molar refractivity (Wildman–Crippen MR) is 122 cm³/mol. The third-order valence-corrected chi connectivity index (χ3v) is 7.55. The third-order valence-electron chi connectivity index (χ3n) is 5.70. The monoisotopic (exact) mass is 459 g/mol. The average Bonchev–Trinajstić information content (AvgIpc) is 2.84. The molecule has 2 aliphatic rings. The molecule has 1 N–H and O–H groups in total. The van der Waals surface area contributed by atoms with Gasteiger partial charge in [0.25, 0.3) is 0 Å². The van der Waals surface area contributed by atoms with Crippen LogP contribution in [-0.2, 0) is 27.1 Å². The molecule has 0 aliphatic carbocycles. The summed E-state index contributed by atoms with van der Waals surface area (Å²) in [6, 6.07) is 12.8. The van der Waals surface area contributed by atoms with E-state index in [0.29, 0.717) is 45.9 Å². The zero-order valence-electron chi connectivity index (χ0n) is 18.0. The van der Waals surface area contributed by atoms with Crippen LogP contribution in [0.3, 0.4) is 0 Å². The number of aromatic nitrogens is 1. The Bertz CT molecular complexity index is 1000. The summed E-state index contributed by atoms with van der Waals surface area (Å²) in [6.07, 6.45) is 1.75. The molecule has 3 heterocycles. The fraction of sp³-hybridized carbons (Fsp3) is 0.455. The molecular weight excluding hydrogens is 430 g/mol. The Morgan fingerprint density at radius 3 is 2.41 bits per heavy atom. The smallest absolute Gasteiger partial charge is 0.317 e. The zero-order chi connectivity index (χ0) is 22.4. The predicted octanol–water partition coefficient (Wildman–Crippen LogP) is 1.28. The van der Waals surface area contributed by atoms with Gasteiger partial charge < -0.3 is 19.9 Å². The van der Waals surface area contributed by atoms with E-state index >= 15 is 0 Å². The fourth-order valence-corrected chi connectivity index (χ4v) is 5.39. The first-order chi connectivity index (χ1) is 15.5. The highest BCUT2D eigenvalue weighted by Crippen LogP contribution is 2.16. The molecule has 0 saturated carbocycles. The van der Waals surface area contributed by atoms with Crippen LogP contribution in [0, 0.1) is 0 Å². The average molecular weight is 460 g/mol. The van der Waals surface area contributed by atoms with Gasteiger partial charge in [-0.05, 0) is 23.3 Å². The maximum Gasteiger partial charge on any atom is 0.317 e. The van der Waals surface area contributed by atoms with Crippen molar-refractivity contribution in [1.82, 2.24) is 19.5 Å². The summed E-state index contributed by atoms with van der Waals surface area (Å²) in [4.78, 5) is 20.9. The molecule has 0 spiro atoms. The number of carbonyl (C=O) groups excluding carboxylic acids is 1. The van der Waals surface area contributed by atoms with E-state index in [-0.39, 0.29) is 11.8 Å². The van der Waals surface area contributed by atoms with E-state index in [2.05, 4.69) is 15.2 Å². The van der Waals surface area contributed by atoms with Crippen molar-refractivity contribution in [2.24, 2.45) is 0 Å². The lowest BCUT2D eigenvalue weighted by Crippen LogP contribution is -2.53. The van der Waals surface area contributed by atoms with Crippen LogP contribution in [0.1, 0.15) is 11.1 Å². The van der Waals surface area contributed by atoms with E-state index in [1.54, 1.807) is 11.1 Å². The van der Waals surface area contributed by atoms with E-state index in [1.165, 1.54) is 4.31 Å². The maximum absolute atomic E-state index is 12.7. The molecule has 32 heavy (non-hydrogen) atoms. The van der Waals surface area contributed by atoms with Gasteiger partial charge in [0.05, 0.1) is 19.0 Å². The van der Waals surface area contributed by atoms with Gasteiger partial charge in [0.2, 0.25) is 10.0 Å². The lowest BCUT2D eigenvalue weighted by Gasteiger charge is -2.34. The number of nitrogens with zero attached hydrogens (tertiary/aromatic N) is 4. The Kier molecular flexibility index (Phi) is 7.23. The van der Waals surface area contributed by atoms with Gasteiger partial charge in [0.1, 0.15) is 5.82 Å². The highest BCUT2D eigenvalue weighted by molar-refractivity contribution is 7.88. The number of urea groups is 1. The number of sulfonamides is 1. The second kappa shape index (κ2) is 10.3. The molecule has 2 saturated heterocycles. The number of nitrogens with one attached hydrogen (secondary N) is 1. The number of rotatable bonds is 6. The summed E-state index contributed by atoms with van der Waals surface area (Å²) in [6.45, 7) is 4.74. The van der Waals surface area contributed by atoms with E-state index < -0.39 is 10.0 Å². The molecule has 172 valence electrons. The standard InChI is InChI=1S/C22H29N5O4S/c28-22(24-17-20-6-7-23-21(16-20)25-12-14-31-15-13-25)26-8-10-27(11-9-26)32(29,30)18-19-4-2-1-3-5-19/h1-7,16H,8-15,17-18H2,(H,24,28). The van der Waals surface area contributed by atoms with Crippen molar-refractivity contribution in [3.05, 3.63) is 59.8 Å². The maximum atomic E-state index is 12.7. The molecule has 2 amide bonds. The number of piperazine rings is 1. The highest BCUT2D eigenvalue weighted by Gasteiger charge is 2.28. The van der Waals surface area contributed by atoms with Crippen LogP contribution in [0.25, 0.3) is 0 Å². The minimum absolute atomic E-state index is 0.0203. The fourth-order valence-electron chi connectivity index (χ4n) is 3.87. The minimum Gasteiger partial charge on any atom is -0.378 e. The van der Waals surface area contributed by atoms with Gasteiger partial charge in [0.15, 0.2) is 0 Å². The Labute approximate surface area is 189 Å². The van der Waals surface area contributed by atoms with Crippen molar-refractivity contribution in [1.29, 1.82) is 0 Å². The van der Waals surface area contributed by atoms with Crippen LogP contribution in [0.15, 0.2) is 48.7 Å². The van der Waals surface area contributed by atoms with Crippen molar-refractivity contribution in [2.45, 2.75) is 12.3 Å². The first kappa shape index (κ1) is 22.5. The topological polar surface area (TPSA) is 95.1 Å². The molecule has 4 rings (SSSR count). The van der Waals surface area contributed by atoms with Crippen LogP contribution in [0.4, 0.5) is 10.6 Å². The number of carbonyl (C=O) groups is 1. The Morgan fingerprint density at radius 2 is 1.69 bits per heavy atom. The molecular formula is C22H29N5O4S. The zero-order valence-corrected chi connectivity index (χ0v) is 18.8. The second-order valence-corrected chi connectivity index (χ2v) is 9.88. The summed E-state index contributed by atoms with van der Waals surface area (Å²) in [5.74, 6) is 0.866. The third kappa shape index (κ3) is 5.76. The molecule has 0 bridgehead atoms. The number of ether oxygens (including phenoxy) is 1. The molecule has 0 unspecified atom stereocenters. The van der Waals surface area contributed by atoms with Crippen molar-refractivity contribution < 1.29 is 17.9 Å². The molecule has 9 nitrogen and oxygen atoms in total. The molecule has 2 aromatic rings. The largest absolute Gasteiger partial charge is 0.378 e. The van der Waals surface area contributed by atoms with E-state index in [4.69, 9.17) is 4.74 Å². The van der Waals surface area contributed by atoms with Crippen molar-refractivity contribution >= 4 is 21.9 Å². The molecule has 10 heteroatoms. The first-order valence-corrected chi connectivity index (χ1v) is 12.4. The summed E-state index contributed by atoms with van der Waals surface area (Å²) in [7, 11) is -3.40. The molecule has 0 radical (unpaired) electrons. The molecule has 1 aromatic carbocycles. The van der Waals surface area contributed by atoms with Crippen LogP contribution < -0.4 is 10.2 Å². The Hall–Kier alpha value is -2.69. The molecule has 0 atom stereocenters. The van der Waals surface area contributed by atoms with Gasteiger partial charge in [-0.1, -0.05) is 30.3 Å². The van der Waals surface area contributed by atoms with Gasteiger partial charge in [-0.25, -0.2) is 18.2 Å². The SMILES string of the molecule is O=C(NCc1ccnc(N2CCOCC2)c1)N1CCN(S(=O)(=O)Cc2ccccc2)CC1. The highest BCUT2D eigenvalue weighted by atomic mass is 32.2.